The topological polar surface area (TPSA) is 80.9 Å². The number of carboxylic acids is 1. The van der Waals surface area contributed by atoms with Gasteiger partial charge >= 0.3 is 5.97 Å². The van der Waals surface area contributed by atoms with E-state index in [4.69, 9.17) is 5.11 Å². The van der Waals surface area contributed by atoms with Crippen molar-refractivity contribution in [2.45, 2.75) is 32.2 Å². The molecule has 8 heteroatoms. The average molecular weight is 296 g/mol. The van der Waals surface area contributed by atoms with E-state index in [0.29, 0.717) is 30.8 Å². The number of benzene rings is 1. The summed E-state index contributed by atoms with van der Waals surface area (Å²) in [7, 11) is 0. The van der Waals surface area contributed by atoms with Gasteiger partial charge in [0.05, 0.1) is 0 Å². The van der Waals surface area contributed by atoms with Gasteiger partial charge in [-0.15, -0.1) is 5.10 Å². The smallest absolute Gasteiger partial charge is 0.303 e. The highest BCUT2D eigenvalue weighted by Gasteiger charge is 2.11. The van der Waals surface area contributed by atoms with Crippen LogP contribution in [0.2, 0.25) is 0 Å². The number of rotatable bonds is 7. The summed E-state index contributed by atoms with van der Waals surface area (Å²) in [5.74, 6) is -2.35. The third kappa shape index (κ3) is 4.04. The van der Waals surface area contributed by atoms with Crippen LogP contribution in [0.25, 0.3) is 11.4 Å². The molecule has 0 fully saturated rings. The molecule has 6 nitrogen and oxygen atoms in total. The molecular weight excluding hydrogens is 282 g/mol. The molecular formula is C13H14F2N4O2. The van der Waals surface area contributed by atoms with Crippen molar-refractivity contribution in [1.82, 2.24) is 20.2 Å². The van der Waals surface area contributed by atoms with E-state index in [1.54, 1.807) is 0 Å². The SMILES string of the molecule is O=C(O)CCCCCn1nnnc1-c1ccc(F)c(F)c1. The predicted molar refractivity (Wildman–Crippen MR) is 69.3 cm³/mol. The fraction of sp³-hybridized carbons (Fsp3) is 0.385. The molecule has 112 valence electrons. The number of aromatic nitrogens is 4. The molecule has 0 spiro atoms. The first-order valence-electron chi connectivity index (χ1n) is 6.51. The molecule has 0 saturated carbocycles. The van der Waals surface area contributed by atoms with Gasteiger partial charge in [-0.3, -0.25) is 4.79 Å². The minimum atomic E-state index is -0.955. The molecule has 0 aliphatic rings. The Morgan fingerprint density at radius 2 is 2.00 bits per heavy atom. The van der Waals surface area contributed by atoms with Crippen LogP contribution in [0.15, 0.2) is 18.2 Å². The van der Waals surface area contributed by atoms with E-state index in [-0.39, 0.29) is 6.42 Å². The molecule has 0 atom stereocenters. The van der Waals surface area contributed by atoms with E-state index in [1.807, 2.05) is 0 Å². The van der Waals surface area contributed by atoms with Crippen LogP contribution in [0.4, 0.5) is 8.78 Å². The Balaban J connectivity index is 1.98. The molecule has 0 bridgehead atoms. The number of halogens is 2. The molecule has 0 aliphatic carbocycles. The zero-order valence-corrected chi connectivity index (χ0v) is 11.2. The number of hydrogen-bond acceptors (Lipinski definition) is 4. The van der Waals surface area contributed by atoms with Crippen LogP contribution in [-0.2, 0) is 11.3 Å². The van der Waals surface area contributed by atoms with Crippen LogP contribution in [0, 0.1) is 11.6 Å². The van der Waals surface area contributed by atoms with Crippen LogP contribution in [-0.4, -0.2) is 31.3 Å². The van der Waals surface area contributed by atoms with Gasteiger partial charge < -0.3 is 5.11 Å². The van der Waals surface area contributed by atoms with Gasteiger partial charge in [0.1, 0.15) is 0 Å². The summed E-state index contributed by atoms with van der Waals surface area (Å²) >= 11 is 0. The first kappa shape index (κ1) is 15.0. The minimum absolute atomic E-state index is 0.131. The van der Waals surface area contributed by atoms with Gasteiger partial charge in [-0.2, -0.15) is 0 Å². The average Bonchev–Trinajstić information content (AvgIpc) is 2.89. The summed E-state index contributed by atoms with van der Waals surface area (Å²) < 4.78 is 27.6. The van der Waals surface area contributed by atoms with E-state index >= 15 is 0 Å². The first-order chi connectivity index (χ1) is 10.1. The van der Waals surface area contributed by atoms with Gasteiger partial charge in [0.15, 0.2) is 17.5 Å². The number of tetrazole rings is 1. The Morgan fingerprint density at radius 1 is 1.19 bits per heavy atom. The zero-order chi connectivity index (χ0) is 15.2. The van der Waals surface area contributed by atoms with Crippen molar-refractivity contribution in [3.05, 3.63) is 29.8 Å². The highest BCUT2D eigenvalue weighted by molar-refractivity contribution is 5.66. The monoisotopic (exact) mass is 296 g/mol. The van der Waals surface area contributed by atoms with Crippen molar-refractivity contribution in [3.8, 4) is 11.4 Å². The standard InChI is InChI=1S/C13H14F2N4O2/c14-10-6-5-9(8-11(10)15)13-16-17-18-19(13)7-3-1-2-4-12(20)21/h5-6,8H,1-4,7H2,(H,20,21). The van der Waals surface area contributed by atoms with Crippen LogP contribution < -0.4 is 0 Å². The maximum Gasteiger partial charge on any atom is 0.303 e. The molecule has 1 N–H and O–H groups in total. The molecule has 0 saturated heterocycles. The number of hydrogen-bond donors (Lipinski definition) is 1. The van der Waals surface area contributed by atoms with Gasteiger partial charge in [0, 0.05) is 18.5 Å². The van der Waals surface area contributed by atoms with E-state index in [9.17, 15) is 13.6 Å². The Bertz CT molecular complexity index is 630. The molecule has 0 aliphatic heterocycles. The summed E-state index contributed by atoms with van der Waals surface area (Å²) in [6.07, 6.45) is 2.14. The lowest BCUT2D eigenvalue weighted by molar-refractivity contribution is -0.137. The lowest BCUT2D eigenvalue weighted by atomic mass is 10.2. The quantitative estimate of drug-likeness (QED) is 0.793. The summed E-state index contributed by atoms with van der Waals surface area (Å²) in [6.45, 7) is 0.487. The van der Waals surface area contributed by atoms with Crippen LogP contribution in [0.3, 0.4) is 0 Å². The van der Waals surface area contributed by atoms with Crippen molar-refractivity contribution in [1.29, 1.82) is 0 Å². The molecule has 0 unspecified atom stereocenters. The summed E-state index contributed by atoms with van der Waals surface area (Å²) in [5.41, 5.74) is 0.393. The molecule has 1 heterocycles. The molecule has 1 aromatic heterocycles. The third-order valence-corrected chi connectivity index (χ3v) is 2.97. The van der Waals surface area contributed by atoms with Gasteiger partial charge in [-0.05, 0) is 41.5 Å². The van der Waals surface area contributed by atoms with Crippen molar-refractivity contribution in [2.75, 3.05) is 0 Å². The highest BCUT2D eigenvalue weighted by Crippen LogP contribution is 2.19. The normalized spacial score (nSPS) is 10.8. The van der Waals surface area contributed by atoms with Crippen LogP contribution >= 0.6 is 0 Å². The third-order valence-electron chi connectivity index (χ3n) is 2.97. The fourth-order valence-corrected chi connectivity index (χ4v) is 1.91. The van der Waals surface area contributed by atoms with Crippen molar-refractivity contribution in [3.63, 3.8) is 0 Å². The molecule has 1 aromatic carbocycles. The fourth-order valence-electron chi connectivity index (χ4n) is 1.91. The van der Waals surface area contributed by atoms with Gasteiger partial charge in [0.2, 0.25) is 0 Å². The Morgan fingerprint density at radius 3 is 2.71 bits per heavy atom. The van der Waals surface area contributed by atoms with Gasteiger partial charge in [-0.25, -0.2) is 13.5 Å². The Kier molecular flexibility index (Phi) is 4.91. The maximum absolute atomic E-state index is 13.2. The zero-order valence-electron chi connectivity index (χ0n) is 11.2. The minimum Gasteiger partial charge on any atom is -0.481 e. The molecule has 0 radical (unpaired) electrons. The predicted octanol–water partition coefficient (Wildman–Crippen LogP) is 2.26. The molecule has 21 heavy (non-hydrogen) atoms. The number of carbonyl (C=O) groups is 1. The first-order valence-corrected chi connectivity index (χ1v) is 6.51. The van der Waals surface area contributed by atoms with E-state index in [1.165, 1.54) is 10.7 Å². The largest absolute Gasteiger partial charge is 0.481 e. The second-order valence-electron chi connectivity index (χ2n) is 4.56. The lowest BCUT2D eigenvalue weighted by Gasteiger charge is -2.05. The number of unbranched alkanes of at least 4 members (excludes halogenated alkanes) is 2. The number of aryl methyl sites for hydroxylation is 1. The van der Waals surface area contributed by atoms with Gasteiger partial charge in [-0.1, -0.05) is 6.42 Å². The van der Waals surface area contributed by atoms with Crippen molar-refractivity contribution >= 4 is 5.97 Å². The summed E-state index contributed by atoms with van der Waals surface area (Å²) in [5, 5.41) is 19.7. The molecule has 2 aromatic rings. The maximum atomic E-state index is 13.2. The van der Waals surface area contributed by atoms with Crippen LogP contribution in [0.5, 0.6) is 0 Å². The number of aliphatic carboxylic acids is 1. The van der Waals surface area contributed by atoms with E-state index in [2.05, 4.69) is 15.5 Å². The van der Waals surface area contributed by atoms with Gasteiger partial charge in [0.25, 0.3) is 0 Å². The molecule has 0 amide bonds. The number of carboxylic acid groups (broad SMARTS) is 1. The lowest BCUT2D eigenvalue weighted by Crippen LogP contribution is -2.04. The second kappa shape index (κ2) is 6.87. The van der Waals surface area contributed by atoms with Crippen LogP contribution in [0.1, 0.15) is 25.7 Å². The Hall–Kier alpha value is -2.38. The summed E-state index contributed by atoms with van der Waals surface area (Å²) in [6, 6.07) is 3.48. The van der Waals surface area contributed by atoms with E-state index in [0.717, 1.165) is 18.6 Å². The summed E-state index contributed by atoms with van der Waals surface area (Å²) in [4.78, 5) is 10.4. The van der Waals surface area contributed by atoms with Crippen molar-refractivity contribution in [2.24, 2.45) is 0 Å². The number of nitrogens with zero attached hydrogens (tertiary/aromatic N) is 4. The molecule has 2 rings (SSSR count). The Labute approximate surface area is 119 Å². The van der Waals surface area contributed by atoms with Crippen molar-refractivity contribution < 1.29 is 18.7 Å². The van der Waals surface area contributed by atoms with E-state index < -0.39 is 17.6 Å². The second-order valence-corrected chi connectivity index (χ2v) is 4.56. The highest BCUT2D eigenvalue weighted by atomic mass is 19.2.